The molecule has 0 N–H and O–H groups in total. The SMILES string of the molecule is CCn1c(=O)c(C)nc2cc(C(=O)OCc3csc(C)n3)ccc21. The van der Waals surface area contributed by atoms with Crippen LogP contribution in [-0.4, -0.2) is 20.5 Å². The monoisotopic (exact) mass is 343 g/mol. The molecule has 7 heteroatoms. The van der Waals surface area contributed by atoms with Crippen LogP contribution in [0.4, 0.5) is 0 Å². The molecule has 24 heavy (non-hydrogen) atoms. The maximum atomic E-state index is 12.2. The molecule has 1 aromatic carbocycles. The minimum absolute atomic E-state index is 0.112. The highest BCUT2D eigenvalue weighted by Crippen LogP contribution is 2.15. The Bertz CT molecular complexity index is 975. The number of carbonyl (C=O) groups excluding carboxylic acids is 1. The number of thiazole rings is 1. The first-order chi connectivity index (χ1) is 11.5. The Morgan fingerprint density at radius 3 is 2.75 bits per heavy atom. The lowest BCUT2D eigenvalue weighted by atomic mass is 10.2. The van der Waals surface area contributed by atoms with Crippen LogP contribution >= 0.6 is 11.3 Å². The van der Waals surface area contributed by atoms with Crippen LogP contribution in [0.1, 0.15) is 33.7 Å². The van der Waals surface area contributed by atoms with E-state index < -0.39 is 5.97 Å². The second kappa shape index (κ2) is 6.52. The van der Waals surface area contributed by atoms with Crippen molar-refractivity contribution < 1.29 is 9.53 Å². The summed E-state index contributed by atoms with van der Waals surface area (Å²) in [6, 6.07) is 5.04. The molecule has 6 nitrogen and oxygen atoms in total. The molecule has 3 rings (SSSR count). The van der Waals surface area contributed by atoms with Gasteiger partial charge < -0.3 is 9.30 Å². The van der Waals surface area contributed by atoms with Crippen molar-refractivity contribution in [3.63, 3.8) is 0 Å². The smallest absolute Gasteiger partial charge is 0.338 e. The number of ether oxygens (including phenoxy) is 1. The minimum atomic E-state index is -0.434. The van der Waals surface area contributed by atoms with Gasteiger partial charge in [0.05, 0.1) is 27.3 Å². The zero-order chi connectivity index (χ0) is 17.3. The summed E-state index contributed by atoms with van der Waals surface area (Å²) in [7, 11) is 0. The number of aromatic nitrogens is 3. The summed E-state index contributed by atoms with van der Waals surface area (Å²) in [5.41, 5.74) is 2.75. The normalized spacial score (nSPS) is 11.0. The third-order valence-electron chi connectivity index (χ3n) is 3.68. The average molecular weight is 343 g/mol. The zero-order valence-electron chi connectivity index (χ0n) is 13.7. The summed E-state index contributed by atoms with van der Waals surface area (Å²) in [6.07, 6.45) is 0. The van der Waals surface area contributed by atoms with Gasteiger partial charge in [-0.05, 0) is 39.0 Å². The molecule has 0 aliphatic rings. The highest BCUT2D eigenvalue weighted by Gasteiger charge is 2.13. The molecule has 0 atom stereocenters. The summed E-state index contributed by atoms with van der Waals surface area (Å²) in [4.78, 5) is 32.9. The van der Waals surface area contributed by atoms with Crippen molar-refractivity contribution in [3.05, 3.63) is 55.9 Å². The van der Waals surface area contributed by atoms with Gasteiger partial charge in [-0.2, -0.15) is 0 Å². The summed E-state index contributed by atoms with van der Waals surface area (Å²) in [6.45, 7) is 6.16. The molecular formula is C17H17N3O3S. The molecule has 0 aliphatic carbocycles. The van der Waals surface area contributed by atoms with Crippen molar-refractivity contribution in [2.75, 3.05) is 0 Å². The summed E-state index contributed by atoms with van der Waals surface area (Å²) >= 11 is 1.52. The van der Waals surface area contributed by atoms with E-state index in [0.29, 0.717) is 28.8 Å². The van der Waals surface area contributed by atoms with Crippen LogP contribution in [0, 0.1) is 13.8 Å². The number of hydrogen-bond acceptors (Lipinski definition) is 6. The Morgan fingerprint density at radius 2 is 2.08 bits per heavy atom. The first-order valence-corrected chi connectivity index (χ1v) is 8.47. The number of benzene rings is 1. The highest BCUT2D eigenvalue weighted by atomic mass is 32.1. The number of rotatable bonds is 4. The molecule has 2 aromatic heterocycles. The lowest BCUT2D eigenvalue weighted by Crippen LogP contribution is -2.23. The van der Waals surface area contributed by atoms with Crippen molar-refractivity contribution in [1.29, 1.82) is 0 Å². The van der Waals surface area contributed by atoms with E-state index in [4.69, 9.17) is 4.74 Å². The Labute approximate surface area is 142 Å². The molecule has 0 fully saturated rings. The Balaban J connectivity index is 1.88. The minimum Gasteiger partial charge on any atom is -0.456 e. The Hall–Kier alpha value is -2.54. The van der Waals surface area contributed by atoms with E-state index in [-0.39, 0.29) is 12.2 Å². The molecule has 0 unspecified atom stereocenters. The molecule has 2 heterocycles. The van der Waals surface area contributed by atoms with Gasteiger partial charge in [0.25, 0.3) is 5.56 Å². The van der Waals surface area contributed by atoms with Gasteiger partial charge in [-0.15, -0.1) is 11.3 Å². The fraction of sp³-hybridized carbons (Fsp3) is 0.294. The maximum absolute atomic E-state index is 12.2. The molecular weight excluding hydrogens is 326 g/mol. The summed E-state index contributed by atoms with van der Waals surface area (Å²) < 4.78 is 6.94. The Kier molecular flexibility index (Phi) is 4.44. The number of aryl methyl sites for hydroxylation is 3. The number of hydrogen-bond donors (Lipinski definition) is 0. The fourth-order valence-corrected chi connectivity index (χ4v) is 3.11. The van der Waals surface area contributed by atoms with E-state index in [1.807, 2.05) is 19.2 Å². The third kappa shape index (κ3) is 3.07. The quantitative estimate of drug-likeness (QED) is 0.681. The lowest BCUT2D eigenvalue weighted by Gasteiger charge is -2.10. The molecule has 3 aromatic rings. The van der Waals surface area contributed by atoms with Gasteiger partial charge in [0.2, 0.25) is 0 Å². The average Bonchev–Trinajstić information content (AvgIpc) is 2.99. The lowest BCUT2D eigenvalue weighted by molar-refractivity contribution is 0.0468. The Morgan fingerprint density at radius 1 is 1.29 bits per heavy atom. The van der Waals surface area contributed by atoms with Crippen molar-refractivity contribution in [1.82, 2.24) is 14.5 Å². The van der Waals surface area contributed by atoms with Gasteiger partial charge in [0.15, 0.2) is 0 Å². The molecule has 0 aliphatic heterocycles. The van der Waals surface area contributed by atoms with Crippen molar-refractivity contribution in [2.24, 2.45) is 0 Å². The van der Waals surface area contributed by atoms with Crippen LogP contribution in [0.2, 0.25) is 0 Å². The van der Waals surface area contributed by atoms with Crippen molar-refractivity contribution >= 4 is 28.3 Å². The standard InChI is InChI=1S/C17H17N3O3S/c1-4-20-15-6-5-12(7-14(15)18-10(2)16(20)21)17(22)23-8-13-9-24-11(3)19-13/h5-7,9H,4,8H2,1-3H3. The van der Waals surface area contributed by atoms with Crippen LogP contribution in [0.3, 0.4) is 0 Å². The zero-order valence-corrected chi connectivity index (χ0v) is 14.5. The van der Waals surface area contributed by atoms with Gasteiger partial charge in [-0.1, -0.05) is 0 Å². The topological polar surface area (TPSA) is 74.1 Å². The number of nitrogens with zero attached hydrogens (tertiary/aromatic N) is 3. The van der Waals surface area contributed by atoms with Crippen LogP contribution in [0.15, 0.2) is 28.4 Å². The maximum Gasteiger partial charge on any atom is 0.338 e. The number of carbonyl (C=O) groups is 1. The number of esters is 1. The van der Waals surface area contributed by atoms with Gasteiger partial charge in [-0.3, -0.25) is 4.79 Å². The molecule has 0 bridgehead atoms. The predicted molar refractivity (Wildman–Crippen MR) is 92.4 cm³/mol. The highest BCUT2D eigenvalue weighted by molar-refractivity contribution is 7.09. The van der Waals surface area contributed by atoms with Gasteiger partial charge in [-0.25, -0.2) is 14.8 Å². The van der Waals surface area contributed by atoms with Crippen LogP contribution in [-0.2, 0) is 17.9 Å². The van der Waals surface area contributed by atoms with Gasteiger partial charge in [0.1, 0.15) is 12.3 Å². The summed E-state index contributed by atoms with van der Waals surface area (Å²) in [5, 5.41) is 2.80. The van der Waals surface area contributed by atoms with E-state index in [1.54, 1.807) is 29.7 Å². The van der Waals surface area contributed by atoms with Crippen LogP contribution in [0.25, 0.3) is 11.0 Å². The van der Waals surface area contributed by atoms with E-state index in [9.17, 15) is 9.59 Å². The molecule has 0 spiro atoms. The predicted octanol–water partition coefficient (Wildman–Crippen LogP) is 2.85. The van der Waals surface area contributed by atoms with E-state index in [2.05, 4.69) is 9.97 Å². The second-order valence-electron chi connectivity index (χ2n) is 5.38. The summed E-state index contributed by atoms with van der Waals surface area (Å²) in [5.74, 6) is -0.434. The van der Waals surface area contributed by atoms with Crippen LogP contribution in [0.5, 0.6) is 0 Å². The van der Waals surface area contributed by atoms with Crippen LogP contribution < -0.4 is 5.56 Å². The third-order valence-corrected chi connectivity index (χ3v) is 4.50. The second-order valence-corrected chi connectivity index (χ2v) is 6.45. The van der Waals surface area contributed by atoms with E-state index in [1.165, 1.54) is 11.3 Å². The van der Waals surface area contributed by atoms with E-state index in [0.717, 1.165) is 10.7 Å². The van der Waals surface area contributed by atoms with Crippen molar-refractivity contribution in [2.45, 2.75) is 33.9 Å². The largest absolute Gasteiger partial charge is 0.456 e. The number of fused-ring (bicyclic) bond motifs is 1. The molecule has 0 saturated heterocycles. The van der Waals surface area contributed by atoms with Gasteiger partial charge in [0, 0.05) is 11.9 Å². The van der Waals surface area contributed by atoms with Crippen molar-refractivity contribution in [3.8, 4) is 0 Å². The molecule has 0 saturated carbocycles. The molecule has 0 amide bonds. The fourth-order valence-electron chi connectivity index (χ4n) is 2.51. The molecule has 124 valence electrons. The first-order valence-electron chi connectivity index (χ1n) is 7.59. The van der Waals surface area contributed by atoms with Gasteiger partial charge >= 0.3 is 5.97 Å². The molecule has 0 radical (unpaired) electrons. The first kappa shape index (κ1) is 16.3. The van der Waals surface area contributed by atoms with E-state index >= 15 is 0 Å².